The molecule has 0 radical (unpaired) electrons. The largest absolute Gasteiger partial charge is 0.342 e. The molecular formula is C17H22N2O2S. The Kier molecular flexibility index (Phi) is 3.68. The van der Waals surface area contributed by atoms with E-state index in [0.29, 0.717) is 18.9 Å². The second kappa shape index (κ2) is 5.69. The third-order valence-corrected chi connectivity index (χ3v) is 6.12. The molecule has 4 rings (SSSR count). The second-order valence-electron chi connectivity index (χ2n) is 6.85. The van der Waals surface area contributed by atoms with Crippen molar-refractivity contribution in [2.75, 3.05) is 19.6 Å². The van der Waals surface area contributed by atoms with Crippen LogP contribution in [0.15, 0.2) is 17.5 Å². The predicted molar refractivity (Wildman–Crippen MR) is 85.4 cm³/mol. The number of thiophene rings is 1. The van der Waals surface area contributed by atoms with Crippen molar-refractivity contribution in [1.29, 1.82) is 0 Å². The molecule has 1 aromatic rings. The van der Waals surface area contributed by atoms with Crippen LogP contribution < -0.4 is 0 Å². The van der Waals surface area contributed by atoms with Crippen LogP contribution in [-0.2, 0) is 9.59 Å². The van der Waals surface area contributed by atoms with E-state index in [1.54, 1.807) is 11.3 Å². The summed E-state index contributed by atoms with van der Waals surface area (Å²) in [5, 5.41) is 2.08. The number of carbonyl (C=O) groups excluding carboxylic acids is 2. The number of carbonyl (C=O) groups is 2. The summed E-state index contributed by atoms with van der Waals surface area (Å²) in [6.07, 6.45) is 5.03. The van der Waals surface area contributed by atoms with Gasteiger partial charge in [-0.25, -0.2) is 0 Å². The molecule has 2 saturated heterocycles. The monoisotopic (exact) mass is 318 g/mol. The molecule has 4 nitrogen and oxygen atoms in total. The van der Waals surface area contributed by atoms with Crippen LogP contribution in [-0.4, -0.2) is 41.2 Å². The van der Waals surface area contributed by atoms with Gasteiger partial charge in [-0.3, -0.25) is 9.59 Å². The quantitative estimate of drug-likeness (QED) is 0.856. The maximum absolute atomic E-state index is 12.9. The molecule has 1 saturated carbocycles. The van der Waals surface area contributed by atoms with Gasteiger partial charge in [-0.1, -0.05) is 6.07 Å². The zero-order valence-corrected chi connectivity index (χ0v) is 13.6. The van der Waals surface area contributed by atoms with Gasteiger partial charge in [-0.15, -0.1) is 11.3 Å². The molecule has 2 aliphatic heterocycles. The van der Waals surface area contributed by atoms with E-state index in [1.807, 2.05) is 9.80 Å². The van der Waals surface area contributed by atoms with Crippen molar-refractivity contribution in [1.82, 2.24) is 9.80 Å². The molecule has 3 fully saturated rings. The van der Waals surface area contributed by atoms with Crippen LogP contribution in [0.3, 0.4) is 0 Å². The Hall–Kier alpha value is -1.36. The number of hydrogen-bond donors (Lipinski definition) is 0. The normalized spacial score (nSPS) is 28.6. The highest BCUT2D eigenvalue weighted by Crippen LogP contribution is 2.37. The van der Waals surface area contributed by atoms with Crippen molar-refractivity contribution in [2.45, 2.75) is 38.1 Å². The number of hydrogen-bond acceptors (Lipinski definition) is 3. The molecular weight excluding hydrogens is 296 g/mol. The van der Waals surface area contributed by atoms with E-state index >= 15 is 0 Å². The third-order valence-electron chi connectivity index (χ3n) is 5.15. The van der Waals surface area contributed by atoms with Crippen molar-refractivity contribution >= 4 is 23.2 Å². The highest BCUT2D eigenvalue weighted by molar-refractivity contribution is 7.10. The first-order chi connectivity index (χ1) is 10.7. The smallest absolute Gasteiger partial charge is 0.228 e. The van der Waals surface area contributed by atoms with E-state index < -0.39 is 0 Å². The Bertz CT molecular complexity index is 567. The average molecular weight is 318 g/mol. The summed E-state index contributed by atoms with van der Waals surface area (Å²) < 4.78 is 0. The standard InChI is InChI=1S/C17H22N2O2S/c20-16-9-13(11-18(16)10-12-5-6-12)17(21)19-7-1-3-14(19)15-4-2-8-22-15/h2,4,8,12-14H,1,3,5-7,9-11H2/t13-,14-/m1/s1. The van der Waals surface area contributed by atoms with Gasteiger partial charge in [-0.05, 0) is 43.0 Å². The molecule has 0 unspecified atom stereocenters. The van der Waals surface area contributed by atoms with Crippen molar-refractivity contribution in [3.05, 3.63) is 22.4 Å². The summed E-state index contributed by atoms with van der Waals surface area (Å²) in [6.45, 7) is 2.35. The lowest BCUT2D eigenvalue weighted by Gasteiger charge is -2.26. The van der Waals surface area contributed by atoms with E-state index in [4.69, 9.17) is 0 Å². The Morgan fingerprint density at radius 2 is 2.18 bits per heavy atom. The third kappa shape index (κ3) is 2.67. The first-order valence-electron chi connectivity index (χ1n) is 8.34. The zero-order valence-electron chi connectivity index (χ0n) is 12.7. The Morgan fingerprint density at radius 1 is 1.32 bits per heavy atom. The van der Waals surface area contributed by atoms with Crippen molar-refractivity contribution < 1.29 is 9.59 Å². The van der Waals surface area contributed by atoms with Gasteiger partial charge in [0.05, 0.1) is 12.0 Å². The van der Waals surface area contributed by atoms with Crippen molar-refractivity contribution in [2.24, 2.45) is 11.8 Å². The van der Waals surface area contributed by atoms with Gasteiger partial charge in [0, 0.05) is 30.9 Å². The summed E-state index contributed by atoms with van der Waals surface area (Å²) in [6, 6.07) is 4.41. The van der Waals surface area contributed by atoms with Gasteiger partial charge in [0.15, 0.2) is 0 Å². The Morgan fingerprint density at radius 3 is 2.91 bits per heavy atom. The molecule has 1 aliphatic carbocycles. The average Bonchev–Trinajstić information content (AvgIpc) is 2.96. The van der Waals surface area contributed by atoms with Gasteiger partial charge in [0.25, 0.3) is 0 Å². The van der Waals surface area contributed by atoms with Crippen molar-refractivity contribution in [3.63, 3.8) is 0 Å². The molecule has 1 aromatic heterocycles. The SMILES string of the molecule is O=C1C[C@@H](C(=O)N2CCC[C@@H]2c2cccs2)CN1CC1CC1. The molecule has 118 valence electrons. The maximum atomic E-state index is 12.9. The fourth-order valence-corrected chi connectivity index (χ4v) is 4.64. The Labute approximate surface area is 135 Å². The minimum Gasteiger partial charge on any atom is -0.342 e. The minimum absolute atomic E-state index is 0.119. The first-order valence-corrected chi connectivity index (χ1v) is 9.22. The van der Waals surface area contributed by atoms with Gasteiger partial charge in [0.1, 0.15) is 0 Å². The molecule has 0 aromatic carbocycles. The molecule has 2 atom stereocenters. The van der Waals surface area contributed by atoms with E-state index in [9.17, 15) is 9.59 Å². The van der Waals surface area contributed by atoms with E-state index in [1.165, 1.54) is 17.7 Å². The van der Waals surface area contributed by atoms with Gasteiger partial charge in [-0.2, -0.15) is 0 Å². The van der Waals surface area contributed by atoms with Crippen LogP contribution in [0.4, 0.5) is 0 Å². The fourth-order valence-electron chi connectivity index (χ4n) is 3.77. The highest BCUT2D eigenvalue weighted by atomic mass is 32.1. The number of amides is 2. The van der Waals surface area contributed by atoms with E-state index in [0.717, 1.165) is 25.9 Å². The Balaban J connectivity index is 1.43. The van der Waals surface area contributed by atoms with Crippen LogP contribution in [0.5, 0.6) is 0 Å². The number of rotatable bonds is 4. The first kappa shape index (κ1) is 14.2. The summed E-state index contributed by atoms with van der Waals surface area (Å²) in [7, 11) is 0. The topological polar surface area (TPSA) is 40.6 Å². The highest BCUT2D eigenvalue weighted by Gasteiger charge is 2.41. The van der Waals surface area contributed by atoms with E-state index in [-0.39, 0.29) is 23.8 Å². The van der Waals surface area contributed by atoms with Crippen LogP contribution in [0.2, 0.25) is 0 Å². The van der Waals surface area contributed by atoms with Crippen LogP contribution in [0, 0.1) is 11.8 Å². The lowest BCUT2D eigenvalue weighted by Crippen LogP contribution is -2.37. The predicted octanol–water partition coefficient (Wildman–Crippen LogP) is 2.67. The summed E-state index contributed by atoms with van der Waals surface area (Å²) in [5.41, 5.74) is 0. The minimum atomic E-state index is -0.119. The molecule has 3 aliphatic rings. The lowest BCUT2D eigenvalue weighted by atomic mass is 10.1. The fraction of sp³-hybridized carbons (Fsp3) is 0.647. The molecule has 0 N–H and O–H groups in total. The molecule has 0 bridgehead atoms. The second-order valence-corrected chi connectivity index (χ2v) is 7.83. The summed E-state index contributed by atoms with van der Waals surface area (Å²) in [4.78, 5) is 30.3. The number of likely N-dealkylation sites (tertiary alicyclic amines) is 2. The van der Waals surface area contributed by atoms with Gasteiger partial charge >= 0.3 is 0 Å². The van der Waals surface area contributed by atoms with Crippen LogP contribution >= 0.6 is 11.3 Å². The lowest BCUT2D eigenvalue weighted by molar-refractivity contribution is -0.136. The zero-order chi connectivity index (χ0) is 15.1. The molecule has 3 heterocycles. The van der Waals surface area contributed by atoms with Crippen LogP contribution in [0.25, 0.3) is 0 Å². The molecule has 0 spiro atoms. The van der Waals surface area contributed by atoms with Crippen molar-refractivity contribution in [3.8, 4) is 0 Å². The summed E-state index contributed by atoms with van der Waals surface area (Å²) in [5.74, 6) is 0.954. The molecule has 5 heteroatoms. The number of nitrogens with zero attached hydrogens (tertiary/aromatic N) is 2. The molecule has 22 heavy (non-hydrogen) atoms. The summed E-state index contributed by atoms with van der Waals surface area (Å²) >= 11 is 1.73. The van der Waals surface area contributed by atoms with E-state index in [2.05, 4.69) is 17.5 Å². The van der Waals surface area contributed by atoms with Gasteiger partial charge in [0.2, 0.25) is 11.8 Å². The maximum Gasteiger partial charge on any atom is 0.228 e. The van der Waals surface area contributed by atoms with Gasteiger partial charge < -0.3 is 9.80 Å². The van der Waals surface area contributed by atoms with Crippen LogP contribution in [0.1, 0.15) is 43.0 Å². The molecule has 2 amide bonds.